The van der Waals surface area contributed by atoms with E-state index in [1.165, 1.54) is 24.4 Å². The summed E-state index contributed by atoms with van der Waals surface area (Å²) in [5.74, 6) is 0.283. The van der Waals surface area contributed by atoms with Gasteiger partial charge in [-0.15, -0.1) is 6.58 Å². The van der Waals surface area contributed by atoms with Crippen LogP contribution >= 0.6 is 0 Å². The Kier molecular flexibility index (Phi) is 3.43. The van der Waals surface area contributed by atoms with Gasteiger partial charge in [0.1, 0.15) is 10.7 Å². The molecule has 0 radical (unpaired) electrons. The standard InChI is InChI=1S/C9H13N3O2S/c1-3-7(2)12-15(13,14)8-4-5-9(10)11-6-8/h3-7,12H,1H2,2H3,(H2,10,11). The van der Waals surface area contributed by atoms with E-state index < -0.39 is 10.0 Å². The molecule has 1 rings (SSSR count). The van der Waals surface area contributed by atoms with Gasteiger partial charge in [-0.2, -0.15) is 0 Å². The molecule has 0 saturated heterocycles. The molecular formula is C9H13N3O2S. The molecule has 6 heteroatoms. The molecule has 0 saturated carbocycles. The fraction of sp³-hybridized carbons (Fsp3) is 0.222. The fourth-order valence-corrected chi connectivity index (χ4v) is 2.07. The largest absolute Gasteiger partial charge is 0.384 e. The van der Waals surface area contributed by atoms with Crippen molar-refractivity contribution in [3.8, 4) is 0 Å². The van der Waals surface area contributed by atoms with Crippen molar-refractivity contribution >= 4 is 15.8 Å². The third kappa shape index (κ3) is 3.03. The number of rotatable bonds is 4. The number of nitrogens with two attached hydrogens (primary N) is 1. The van der Waals surface area contributed by atoms with Crippen LogP contribution in [0, 0.1) is 0 Å². The van der Waals surface area contributed by atoms with Gasteiger partial charge in [0.2, 0.25) is 10.0 Å². The van der Waals surface area contributed by atoms with Crippen LogP contribution in [0.1, 0.15) is 6.92 Å². The highest BCUT2D eigenvalue weighted by Gasteiger charge is 2.15. The van der Waals surface area contributed by atoms with Crippen molar-refractivity contribution in [3.05, 3.63) is 31.0 Å². The molecule has 0 aliphatic carbocycles. The molecule has 1 unspecified atom stereocenters. The molecule has 1 heterocycles. The average Bonchev–Trinajstić information content (AvgIpc) is 2.17. The molecule has 1 atom stereocenters. The van der Waals surface area contributed by atoms with Crippen LogP contribution in [-0.2, 0) is 10.0 Å². The number of nitrogens with one attached hydrogen (secondary N) is 1. The van der Waals surface area contributed by atoms with Crippen LogP contribution in [0.2, 0.25) is 0 Å². The van der Waals surface area contributed by atoms with Crippen LogP contribution in [0.4, 0.5) is 5.82 Å². The Balaban J connectivity index is 2.96. The maximum Gasteiger partial charge on any atom is 0.242 e. The zero-order valence-corrected chi connectivity index (χ0v) is 9.16. The Hall–Kier alpha value is -1.40. The zero-order chi connectivity index (χ0) is 11.5. The number of hydrogen-bond acceptors (Lipinski definition) is 4. The highest BCUT2D eigenvalue weighted by molar-refractivity contribution is 7.89. The van der Waals surface area contributed by atoms with E-state index >= 15 is 0 Å². The normalized spacial score (nSPS) is 13.4. The molecule has 1 aromatic heterocycles. The number of hydrogen-bond donors (Lipinski definition) is 2. The minimum atomic E-state index is -3.53. The lowest BCUT2D eigenvalue weighted by Crippen LogP contribution is -2.31. The third-order valence-corrected chi connectivity index (χ3v) is 3.31. The summed E-state index contributed by atoms with van der Waals surface area (Å²) < 4.78 is 25.8. The van der Waals surface area contributed by atoms with Crippen LogP contribution in [0.5, 0.6) is 0 Å². The van der Waals surface area contributed by atoms with Crippen LogP contribution in [0.25, 0.3) is 0 Å². The van der Waals surface area contributed by atoms with Gasteiger partial charge in [0.25, 0.3) is 0 Å². The summed E-state index contributed by atoms with van der Waals surface area (Å²) in [5.41, 5.74) is 5.35. The molecule has 5 nitrogen and oxygen atoms in total. The van der Waals surface area contributed by atoms with E-state index in [0.29, 0.717) is 0 Å². The monoisotopic (exact) mass is 227 g/mol. The lowest BCUT2D eigenvalue weighted by Gasteiger charge is -2.09. The summed E-state index contributed by atoms with van der Waals surface area (Å²) in [7, 11) is -3.53. The van der Waals surface area contributed by atoms with E-state index in [0.717, 1.165) is 0 Å². The SMILES string of the molecule is C=CC(C)NS(=O)(=O)c1ccc(N)nc1. The molecule has 0 aliphatic heterocycles. The van der Waals surface area contributed by atoms with Crippen molar-refractivity contribution in [3.63, 3.8) is 0 Å². The number of nitrogens with zero attached hydrogens (tertiary/aromatic N) is 1. The van der Waals surface area contributed by atoms with Crippen molar-refractivity contribution in [2.24, 2.45) is 0 Å². The Morgan fingerprint density at radius 3 is 2.73 bits per heavy atom. The summed E-state index contributed by atoms with van der Waals surface area (Å²) in [4.78, 5) is 3.80. The predicted molar refractivity (Wildman–Crippen MR) is 58.6 cm³/mol. The van der Waals surface area contributed by atoms with Crippen molar-refractivity contribution in [2.75, 3.05) is 5.73 Å². The highest BCUT2D eigenvalue weighted by Crippen LogP contribution is 2.09. The topological polar surface area (TPSA) is 85.1 Å². The summed E-state index contributed by atoms with van der Waals surface area (Å²) in [5, 5.41) is 0. The molecule has 0 aromatic carbocycles. The summed E-state index contributed by atoms with van der Waals surface area (Å²) >= 11 is 0. The molecule has 0 amide bonds. The Bertz CT molecular complexity index is 439. The predicted octanol–water partition coefficient (Wildman–Crippen LogP) is 0.517. The molecule has 3 N–H and O–H groups in total. The number of sulfonamides is 1. The van der Waals surface area contributed by atoms with E-state index in [9.17, 15) is 8.42 Å². The van der Waals surface area contributed by atoms with Gasteiger partial charge in [-0.05, 0) is 19.1 Å². The van der Waals surface area contributed by atoms with Gasteiger partial charge in [0.15, 0.2) is 0 Å². The van der Waals surface area contributed by atoms with Gasteiger partial charge < -0.3 is 5.73 Å². The van der Waals surface area contributed by atoms with Crippen molar-refractivity contribution in [1.29, 1.82) is 0 Å². The maximum atomic E-state index is 11.7. The summed E-state index contributed by atoms with van der Waals surface area (Å²) in [6, 6.07) is 2.51. The molecule has 0 bridgehead atoms. The number of nitrogen functional groups attached to an aromatic ring is 1. The van der Waals surface area contributed by atoms with Crippen molar-refractivity contribution < 1.29 is 8.42 Å². The smallest absolute Gasteiger partial charge is 0.242 e. The van der Waals surface area contributed by atoms with Crippen molar-refractivity contribution in [2.45, 2.75) is 17.9 Å². The molecule has 0 fully saturated rings. The quantitative estimate of drug-likeness (QED) is 0.734. The molecule has 82 valence electrons. The molecule has 0 spiro atoms. The first-order chi connectivity index (χ1) is 6.95. The number of anilines is 1. The minimum absolute atomic E-state index is 0.0883. The Labute approximate surface area is 89.1 Å². The van der Waals surface area contributed by atoms with E-state index in [4.69, 9.17) is 5.73 Å². The first kappa shape index (κ1) is 11.7. The van der Waals surface area contributed by atoms with Gasteiger partial charge in [-0.1, -0.05) is 6.08 Å². The lowest BCUT2D eigenvalue weighted by atomic mass is 10.4. The Morgan fingerprint density at radius 2 is 2.27 bits per heavy atom. The third-order valence-electron chi connectivity index (χ3n) is 1.76. The van der Waals surface area contributed by atoms with Gasteiger partial charge in [-0.25, -0.2) is 18.1 Å². The van der Waals surface area contributed by atoms with E-state index in [2.05, 4.69) is 16.3 Å². The summed E-state index contributed by atoms with van der Waals surface area (Å²) in [6.07, 6.45) is 2.72. The first-order valence-corrected chi connectivity index (χ1v) is 5.80. The minimum Gasteiger partial charge on any atom is -0.384 e. The van der Waals surface area contributed by atoms with Gasteiger partial charge in [0, 0.05) is 12.2 Å². The van der Waals surface area contributed by atoms with Gasteiger partial charge in [-0.3, -0.25) is 0 Å². The lowest BCUT2D eigenvalue weighted by molar-refractivity contribution is 0.576. The van der Waals surface area contributed by atoms with Crippen LogP contribution < -0.4 is 10.5 Å². The second kappa shape index (κ2) is 4.41. The average molecular weight is 227 g/mol. The number of pyridine rings is 1. The van der Waals surface area contributed by atoms with E-state index in [-0.39, 0.29) is 16.8 Å². The van der Waals surface area contributed by atoms with Crippen molar-refractivity contribution in [1.82, 2.24) is 9.71 Å². The van der Waals surface area contributed by atoms with Crippen LogP contribution in [-0.4, -0.2) is 19.4 Å². The van der Waals surface area contributed by atoms with Crippen LogP contribution in [0.3, 0.4) is 0 Å². The van der Waals surface area contributed by atoms with E-state index in [1.54, 1.807) is 6.92 Å². The molecular weight excluding hydrogens is 214 g/mol. The second-order valence-electron chi connectivity index (χ2n) is 3.06. The van der Waals surface area contributed by atoms with Gasteiger partial charge in [0.05, 0.1) is 0 Å². The molecule has 0 aliphatic rings. The highest BCUT2D eigenvalue weighted by atomic mass is 32.2. The second-order valence-corrected chi connectivity index (χ2v) is 4.78. The first-order valence-electron chi connectivity index (χ1n) is 4.32. The summed E-state index contributed by atoms with van der Waals surface area (Å²) in [6.45, 7) is 5.18. The van der Waals surface area contributed by atoms with E-state index in [1.807, 2.05) is 0 Å². The fourth-order valence-electron chi connectivity index (χ4n) is 0.912. The van der Waals surface area contributed by atoms with Crippen LogP contribution in [0.15, 0.2) is 35.9 Å². The molecule has 15 heavy (non-hydrogen) atoms. The molecule has 1 aromatic rings. The zero-order valence-electron chi connectivity index (χ0n) is 8.34. The number of aromatic nitrogens is 1. The Morgan fingerprint density at radius 1 is 1.60 bits per heavy atom. The maximum absolute atomic E-state index is 11.7. The van der Waals surface area contributed by atoms with Gasteiger partial charge >= 0.3 is 0 Å².